The fourth-order valence-corrected chi connectivity index (χ4v) is 3.81. The second-order valence-corrected chi connectivity index (χ2v) is 7.96. The van der Waals surface area contributed by atoms with Crippen LogP contribution in [0.15, 0.2) is 0 Å². The minimum Gasteiger partial charge on any atom is -0.444 e. The highest BCUT2D eigenvalue weighted by Gasteiger charge is 2.46. The Morgan fingerprint density at radius 2 is 1.86 bits per heavy atom. The number of carbonyl (C=O) groups excluding carboxylic acids is 1. The molecule has 4 nitrogen and oxygen atoms in total. The van der Waals surface area contributed by atoms with Crippen LogP contribution in [0.1, 0.15) is 65.7 Å². The smallest absolute Gasteiger partial charge is 0.410 e. The number of hydrogen-bond donors (Lipinski definition) is 1. The van der Waals surface area contributed by atoms with E-state index in [4.69, 9.17) is 9.84 Å². The summed E-state index contributed by atoms with van der Waals surface area (Å²) >= 11 is 0. The van der Waals surface area contributed by atoms with Gasteiger partial charge in [0.1, 0.15) is 5.60 Å². The number of aliphatic hydroxyl groups is 1. The van der Waals surface area contributed by atoms with E-state index in [1.165, 1.54) is 19.3 Å². The lowest BCUT2D eigenvalue weighted by molar-refractivity contribution is -0.0297. The number of amides is 1. The van der Waals surface area contributed by atoms with E-state index in [1.807, 2.05) is 25.7 Å². The summed E-state index contributed by atoms with van der Waals surface area (Å²) in [5.74, 6) is 0.852. The van der Waals surface area contributed by atoms with Gasteiger partial charge in [-0.3, -0.25) is 0 Å². The van der Waals surface area contributed by atoms with Crippen LogP contribution in [0.2, 0.25) is 0 Å². The van der Waals surface area contributed by atoms with Gasteiger partial charge in [-0.15, -0.1) is 0 Å². The van der Waals surface area contributed by atoms with Gasteiger partial charge < -0.3 is 14.7 Å². The maximum absolute atomic E-state index is 12.0. The Labute approximate surface area is 128 Å². The lowest BCUT2D eigenvalue weighted by Crippen LogP contribution is -2.49. The van der Waals surface area contributed by atoms with Gasteiger partial charge in [-0.05, 0) is 64.2 Å². The second-order valence-electron chi connectivity index (χ2n) is 7.96. The van der Waals surface area contributed by atoms with Crippen LogP contribution in [-0.4, -0.2) is 41.4 Å². The summed E-state index contributed by atoms with van der Waals surface area (Å²) in [6.07, 6.45) is 8.10. The Kier molecular flexibility index (Phi) is 5.18. The number of hydrogen-bond acceptors (Lipinski definition) is 3. The molecule has 122 valence electrons. The third-order valence-corrected chi connectivity index (χ3v) is 4.94. The minimum atomic E-state index is -0.402. The first-order valence-corrected chi connectivity index (χ1v) is 8.42. The van der Waals surface area contributed by atoms with Gasteiger partial charge in [-0.1, -0.05) is 12.8 Å². The molecule has 0 bridgehead atoms. The van der Waals surface area contributed by atoms with Crippen molar-refractivity contribution in [2.24, 2.45) is 11.3 Å². The number of nitrogens with zero attached hydrogens (tertiary/aromatic N) is 1. The summed E-state index contributed by atoms with van der Waals surface area (Å²) < 4.78 is 5.45. The molecule has 1 aliphatic heterocycles. The van der Waals surface area contributed by atoms with Crippen molar-refractivity contribution in [1.82, 2.24) is 4.90 Å². The molecule has 1 N–H and O–H groups in total. The molecule has 1 spiro atoms. The van der Waals surface area contributed by atoms with Crippen LogP contribution in [0.5, 0.6) is 0 Å². The quantitative estimate of drug-likeness (QED) is 0.807. The summed E-state index contributed by atoms with van der Waals surface area (Å²) in [5, 5.41) is 8.82. The molecule has 1 heterocycles. The first-order chi connectivity index (χ1) is 9.84. The van der Waals surface area contributed by atoms with Crippen LogP contribution in [0.4, 0.5) is 4.79 Å². The highest BCUT2D eigenvalue weighted by Crippen LogP contribution is 2.54. The number of rotatable bonds is 4. The van der Waals surface area contributed by atoms with Gasteiger partial charge in [0.15, 0.2) is 0 Å². The predicted molar refractivity (Wildman–Crippen MR) is 83.1 cm³/mol. The minimum absolute atomic E-state index is 0.156. The standard InChI is InChI=1S/C17H31NO3/c1-16(2,3)21-15(20)18-9-7-17(8-10-18)12-14(13-17)6-4-5-11-19/h14,19H,4-13H2,1-3H3. The highest BCUT2D eigenvalue weighted by atomic mass is 16.6. The molecule has 0 radical (unpaired) electrons. The highest BCUT2D eigenvalue weighted by molar-refractivity contribution is 5.68. The second kappa shape index (κ2) is 6.55. The van der Waals surface area contributed by atoms with E-state index in [0.717, 1.165) is 44.7 Å². The average molecular weight is 297 g/mol. The Hall–Kier alpha value is -0.770. The van der Waals surface area contributed by atoms with Crippen molar-refractivity contribution >= 4 is 6.09 Å². The third kappa shape index (κ3) is 4.60. The monoisotopic (exact) mass is 297 g/mol. The first-order valence-electron chi connectivity index (χ1n) is 8.42. The van der Waals surface area contributed by atoms with E-state index in [9.17, 15) is 4.79 Å². The lowest BCUT2D eigenvalue weighted by atomic mass is 9.56. The normalized spacial score (nSPS) is 22.2. The molecule has 0 aromatic carbocycles. The number of ether oxygens (including phenoxy) is 1. The summed E-state index contributed by atoms with van der Waals surface area (Å²) in [5.41, 5.74) is 0.100. The van der Waals surface area contributed by atoms with Crippen LogP contribution in [-0.2, 0) is 4.74 Å². The van der Waals surface area contributed by atoms with Crippen molar-refractivity contribution in [3.8, 4) is 0 Å². The molecule has 1 saturated heterocycles. The van der Waals surface area contributed by atoms with Crippen molar-refractivity contribution in [3.05, 3.63) is 0 Å². The van der Waals surface area contributed by atoms with E-state index in [2.05, 4.69) is 0 Å². The molecule has 0 atom stereocenters. The number of likely N-dealkylation sites (tertiary alicyclic amines) is 1. The summed E-state index contributed by atoms with van der Waals surface area (Å²) in [6.45, 7) is 7.76. The zero-order chi connectivity index (χ0) is 15.5. The van der Waals surface area contributed by atoms with Gasteiger partial charge in [0.25, 0.3) is 0 Å². The predicted octanol–water partition coefficient (Wildman–Crippen LogP) is 3.58. The summed E-state index contributed by atoms with van der Waals surface area (Å²) in [4.78, 5) is 13.9. The van der Waals surface area contributed by atoms with Crippen molar-refractivity contribution in [3.63, 3.8) is 0 Å². The number of unbranched alkanes of at least 4 members (excludes halogenated alkanes) is 1. The molecule has 2 fully saturated rings. The van der Waals surface area contributed by atoms with Crippen LogP contribution in [0.3, 0.4) is 0 Å². The van der Waals surface area contributed by atoms with Gasteiger partial charge in [0.05, 0.1) is 0 Å². The fourth-order valence-electron chi connectivity index (χ4n) is 3.81. The number of piperidine rings is 1. The third-order valence-electron chi connectivity index (χ3n) is 4.94. The Balaban J connectivity index is 1.69. The molecular weight excluding hydrogens is 266 g/mol. The molecule has 2 aliphatic rings. The molecule has 1 amide bonds. The zero-order valence-corrected chi connectivity index (χ0v) is 13.9. The molecule has 21 heavy (non-hydrogen) atoms. The van der Waals surface area contributed by atoms with Crippen LogP contribution < -0.4 is 0 Å². The Morgan fingerprint density at radius 3 is 2.38 bits per heavy atom. The molecule has 2 rings (SSSR count). The van der Waals surface area contributed by atoms with Crippen LogP contribution in [0, 0.1) is 11.3 Å². The van der Waals surface area contributed by atoms with Crippen molar-refractivity contribution in [2.45, 2.75) is 71.3 Å². The van der Waals surface area contributed by atoms with Gasteiger partial charge in [-0.25, -0.2) is 4.79 Å². The lowest BCUT2D eigenvalue weighted by Gasteiger charge is -2.52. The van der Waals surface area contributed by atoms with Crippen LogP contribution in [0.25, 0.3) is 0 Å². The average Bonchev–Trinajstić information content (AvgIpc) is 2.35. The molecule has 0 unspecified atom stereocenters. The maximum Gasteiger partial charge on any atom is 0.410 e. The van der Waals surface area contributed by atoms with E-state index >= 15 is 0 Å². The van der Waals surface area contributed by atoms with Crippen molar-refractivity contribution in [1.29, 1.82) is 0 Å². The first kappa shape index (κ1) is 16.6. The molecule has 0 aromatic heterocycles. The van der Waals surface area contributed by atoms with Gasteiger partial charge in [0.2, 0.25) is 0 Å². The van der Waals surface area contributed by atoms with E-state index in [1.54, 1.807) is 0 Å². The molecular formula is C17H31NO3. The van der Waals surface area contributed by atoms with Gasteiger partial charge in [-0.2, -0.15) is 0 Å². The summed E-state index contributed by atoms with van der Waals surface area (Å²) in [6, 6.07) is 0. The maximum atomic E-state index is 12.0. The number of carbonyl (C=O) groups is 1. The number of aliphatic hydroxyl groups excluding tert-OH is 1. The molecule has 1 aliphatic carbocycles. The Morgan fingerprint density at radius 1 is 1.24 bits per heavy atom. The summed E-state index contributed by atoms with van der Waals surface area (Å²) in [7, 11) is 0. The van der Waals surface area contributed by atoms with Crippen LogP contribution >= 0.6 is 0 Å². The van der Waals surface area contributed by atoms with Gasteiger partial charge >= 0.3 is 6.09 Å². The van der Waals surface area contributed by atoms with Crippen molar-refractivity contribution in [2.75, 3.05) is 19.7 Å². The zero-order valence-electron chi connectivity index (χ0n) is 13.9. The largest absolute Gasteiger partial charge is 0.444 e. The molecule has 0 aromatic rings. The molecule has 1 saturated carbocycles. The SMILES string of the molecule is CC(C)(C)OC(=O)N1CCC2(CC1)CC(CCCCO)C2. The van der Waals surface area contributed by atoms with Gasteiger partial charge in [0, 0.05) is 19.7 Å². The van der Waals surface area contributed by atoms with E-state index < -0.39 is 5.60 Å². The molecule has 4 heteroatoms. The van der Waals surface area contributed by atoms with E-state index in [0.29, 0.717) is 12.0 Å². The topological polar surface area (TPSA) is 49.8 Å². The van der Waals surface area contributed by atoms with Crippen molar-refractivity contribution < 1.29 is 14.6 Å². The Bertz CT molecular complexity index is 346. The van der Waals surface area contributed by atoms with E-state index in [-0.39, 0.29) is 6.09 Å². The fraction of sp³-hybridized carbons (Fsp3) is 0.941.